The van der Waals surface area contributed by atoms with Crippen molar-refractivity contribution in [3.8, 4) is 5.69 Å². The van der Waals surface area contributed by atoms with Crippen LogP contribution in [0, 0.1) is 5.82 Å². The van der Waals surface area contributed by atoms with Gasteiger partial charge in [-0.1, -0.05) is 6.07 Å². The molecule has 4 rings (SSSR count). The van der Waals surface area contributed by atoms with E-state index < -0.39 is 15.8 Å². The molecule has 0 saturated carbocycles. The molecule has 0 aliphatic carbocycles. The van der Waals surface area contributed by atoms with Gasteiger partial charge in [0.05, 0.1) is 10.6 Å². The van der Waals surface area contributed by atoms with Crippen LogP contribution in [0.5, 0.6) is 0 Å². The molecule has 0 bridgehead atoms. The highest BCUT2D eigenvalue weighted by Gasteiger charge is 2.30. The van der Waals surface area contributed by atoms with Gasteiger partial charge in [0.25, 0.3) is 5.91 Å². The fraction of sp³-hybridized carbons (Fsp3) is 0.222. The summed E-state index contributed by atoms with van der Waals surface area (Å²) in [6.45, 7) is 0.846. The fourth-order valence-electron chi connectivity index (χ4n) is 3.13. The van der Waals surface area contributed by atoms with Crippen molar-refractivity contribution < 1.29 is 17.6 Å². The number of carbonyl (C=O) groups excluding carboxylic acids is 1. The Balaban J connectivity index is 1.45. The highest BCUT2D eigenvalue weighted by molar-refractivity contribution is 7.89. The molecule has 1 fully saturated rings. The summed E-state index contributed by atoms with van der Waals surface area (Å²) < 4.78 is 41.2. The van der Waals surface area contributed by atoms with E-state index in [-0.39, 0.29) is 37.0 Å². The molecule has 150 valence electrons. The van der Waals surface area contributed by atoms with Crippen LogP contribution in [-0.2, 0) is 10.0 Å². The fourth-order valence-corrected chi connectivity index (χ4v) is 4.55. The number of carbonyl (C=O) groups is 1. The molecule has 2 aromatic carbocycles. The largest absolute Gasteiger partial charge is 0.336 e. The first-order valence-electron chi connectivity index (χ1n) is 8.83. The Hall–Kier alpha value is -3.18. The number of benzene rings is 2. The van der Waals surface area contributed by atoms with Crippen LogP contribution in [0.25, 0.3) is 5.69 Å². The molecule has 3 aromatic rings. The molecule has 1 aromatic heterocycles. The average Bonchev–Trinajstić information content (AvgIpc) is 3.29. The van der Waals surface area contributed by atoms with Gasteiger partial charge in [-0.05, 0) is 52.9 Å². The lowest BCUT2D eigenvalue weighted by atomic mass is 10.1. The van der Waals surface area contributed by atoms with Gasteiger partial charge in [0.2, 0.25) is 10.0 Å². The number of rotatable bonds is 4. The minimum absolute atomic E-state index is 0.0350. The molecule has 11 heteroatoms. The van der Waals surface area contributed by atoms with Gasteiger partial charge in [0.15, 0.2) is 0 Å². The monoisotopic (exact) mass is 416 g/mol. The molecule has 1 saturated heterocycles. The van der Waals surface area contributed by atoms with Crippen LogP contribution in [-0.4, -0.2) is 69.9 Å². The standard InChI is InChI=1S/C18H17FN6O3S/c19-15-4-6-17(7-5-15)29(27,28)24-10-8-23(9-11-24)18(26)14-2-1-3-16(12-14)25-13-20-21-22-25/h1-7,12-13H,8-11H2. The maximum atomic E-state index is 13.1. The molecule has 29 heavy (non-hydrogen) atoms. The summed E-state index contributed by atoms with van der Waals surface area (Å²) >= 11 is 0. The Morgan fingerprint density at radius 2 is 1.72 bits per heavy atom. The number of aromatic nitrogens is 4. The first-order chi connectivity index (χ1) is 13.9. The number of nitrogens with zero attached hydrogens (tertiary/aromatic N) is 6. The molecule has 2 heterocycles. The number of piperazine rings is 1. The van der Waals surface area contributed by atoms with Crippen LogP contribution < -0.4 is 0 Å². The maximum absolute atomic E-state index is 13.1. The van der Waals surface area contributed by atoms with Crippen molar-refractivity contribution in [3.05, 3.63) is 66.2 Å². The number of hydrogen-bond donors (Lipinski definition) is 0. The second kappa shape index (κ2) is 7.68. The third-order valence-electron chi connectivity index (χ3n) is 4.68. The maximum Gasteiger partial charge on any atom is 0.254 e. The molecule has 0 atom stereocenters. The third-order valence-corrected chi connectivity index (χ3v) is 6.60. The zero-order chi connectivity index (χ0) is 20.4. The normalized spacial score (nSPS) is 15.4. The molecule has 0 unspecified atom stereocenters. The minimum atomic E-state index is -3.73. The van der Waals surface area contributed by atoms with E-state index in [2.05, 4.69) is 15.5 Å². The van der Waals surface area contributed by atoms with Crippen LogP contribution in [0.15, 0.2) is 59.8 Å². The van der Waals surface area contributed by atoms with Crippen molar-refractivity contribution in [1.82, 2.24) is 29.4 Å². The summed E-state index contributed by atoms with van der Waals surface area (Å²) in [6, 6.07) is 11.6. The molecule has 9 nitrogen and oxygen atoms in total. The lowest BCUT2D eigenvalue weighted by Crippen LogP contribution is -2.50. The van der Waals surface area contributed by atoms with Crippen LogP contribution in [0.3, 0.4) is 0 Å². The summed E-state index contributed by atoms with van der Waals surface area (Å²) in [7, 11) is -3.73. The van der Waals surface area contributed by atoms with Gasteiger partial charge >= 0.3 is 0 Å². The molecule has 0 N–H and O–H groups in total. The van der Waals surface area contributed by atoms with Gasteiger partial charge < -0.3 is 4.90 Å². The van der Waals surface area contributed by atoms with Crippen molar-refractivity contribution in [1.29, 1.82) is 0 Å². The molecule has 0 spiro atoms. The summed E-state index contributed by atoms with van der Waals surface area (Å²) in [6.07, 6.45) is 1.43. The third kappa shape index (κ3) is 3.87. The summed E-state index contributed by atoms with van der Waals surface area (Å²) in [4.78, 5) is 14.5. The summed E-state index contributed by atoms with van der Waals surface area (Å²) in [5.41, 5.74) is 1.12. The minimum Gasteiger partial charge on any atom is -0.336 e. The van der Waals surface area contributed by atoms with Crippen LogP contribution in [0.4, 0.5) is 4.39 Å². The zero-order valence-electron chi connectivity index (χ0n) is 15.2. The number of tetrazole rings is 1. The Morgan fingerprint density at radius 1 is 1.00 bits per heavy atom. The summed E-state index contributed by atoms with van der Waals surface area (Å²) in [5.74, 6) is -0.693. The van der Waals surface area contributed by atoms with Gasteiger partial charge in [-0.25, -0.2) is 17.5 Å². The Bertz CT molecular complexity index is 1110. The van der Waals surface area contributed by atoms with Crippen LogP contribution in [0.2, 0.25) is 0 Å². The van der Waals surface area contributed by atoms with Gasteiger partial charge in [0.1, 0.15) is 12.1 Å². The topological polar surface area (TPSA) is 101 Å². The first-order valence-corrected chi connectivity index (χ1v) is 10.3. The number of amides is 1. The van der Waals surface area contributed by atoms with E-state index in [4.69, 9.17) is 0 Å². The van der Waals surface area contributed by atoms with Crippen molar-refractivity contribution in [2.45, 2.75) is 4.90 Å². The van der Waals surface area contributed by atoms with E-state index in [1.807, 2.05) is 0 Å². The van der Waals surface area contributed by atoms with Gasteiger partial charge in [0, 0.05) is 31.7 Å². The smallest absolute Gasteiger partial charge is 0.254 e. The summed E-state index contributed by atoms with van der Waals surface area (Å²) in [5, 5.41) is 11.0. The van der Waals surface area contributed by atoms with Crippen molar-refractivity contribution in [2.75, 3.05) is 26.2 Å². The molecule has 1 amide bonds. The van der Waals surface area contributed by atoms with Crippen molar-refractivity contribution in [2.24, 2.45) is 0 Å². The van der Waals surface area contributed by atoms with E-state index in [0.717, 1.165) is 12.1 Å². The van der Waals surface area contributed by atoms with E-state index in [9.17, 15) is 17.6 Å². The highest BCUT2D eigenvalue weighted by atomic mass is 32.2. The number of sulfonamides is 1. The first kappa shape index (κ1) is 19.2. The SMILES string of the molecule is O=C(c1cccc(-n2cnnn2)c1)N1CCN(S(=O)(=O)c2ccc(F)cc2)CC1. The van der Waals surface area contributed by atoms with Gasteiger partial charge in [-0.3, -0.25) is 4.79 Å². The predicted octanol–water partition coefficient (Wildman–Crippen LogP) is 0.948. The molecular formula is C18H17FN6O3S. The second-order valence-electron chi connectivity index (χ2n) is 6.45. The Morgan fingerprint density at radius 3 is 2.38 bits per heavy atom. The Kier molecular flexibility index (Phi) is 5.07. The Labute approximate surface area is 166 Å². The van der Waals surface area contributed by atoms with E-state index in [1.54, 1.807) is 29.2 Å². The average molecular weight is 416 g/mol. The molecule has 0 radical (unpaired) electrons. The molecule has 1 aliphatic rings. The van der Waals surface area contributed by atoms with E-state index in [1.165, 1.54) is 27.4 Å². The molecular weight excluding hydrogens is 399 g/mol. The number of hydrogen-bond acceptors (Lipinski definition) is 6. The quantitative estimate of drug-likeness (QED) is 0.628. The second-order valence-corrected chi connectivity index (χ2v) is 8.39. The van der Waals surface area contributed by atoms with Crippen LogP contribution >= 0.6 is 0 Å². The lowest BCUT2D eigenvalue weighted by Gasteiger charge is -2.34. The van der Waals surface area contributed by atoms with Gasteiger partial charge in [-0.2, -0.15) is 4.31 Å². The van der Waals surface area contributed by atoms with Crippen molar-refractivity contribution in [3.63, 3.8) is 0 Å². The van der Waals surface area contributed by atoms with Gasteiger partial charge in [-0.15, -0.1) is 5.10 Å². The zero-order valence-corrected chi connectivity index (χ0v) is 16.0. The van der Waals surface area contributed by atoms with Crippen molar-refractivity contribution >= 4 is 15.9 Å². The highest BCUT2D eigenvalue weighted by Crippen LogP contribution is 2.19. The van der Waals surface area contributed by atoms with Crippen LogP contribution in [0.1, 0.15) is 10.4 Å². The van der Waals surface area contributed by atoms with E-state index in [0.29, 0.717) is 11.3 Å². The predicted molar refractivity (Wildman–Crippen MR) is 100 cm³/mol. The number of halogens is 1. The van der Waals surface area contributed by atoms with E-state index >= 15 is 0 Å². The lowest BCUT2D eigenvalue weighted by molar-refractivity contribution is 0.0698. The molecule has 1 aliphatic heterocycles.